The highest BCUT2D eigenvalue weighted by atomic mass is 19.1. The standard InChI is InChI=1S/C17H13FN2O3/c1-23-16(22)14-8-17(9-19,10-20)7-12(15(14)21)6-11-2-4-13(18)5-3-11/h2-6,21H,7-8H2,1H3/b12-6+. The second kappa shape index (κ2) is 6.33. The predicted octanol–water partition coefficient (Wildman–Crippen LogP) is 3.02. The summed E-state index contributed by atoms with van der Waals surface area (Å²) in [6, 6.07) is 9.29. The number of carbonyl (C=O) groups excluding carboxylic acids is 1. The van der Waals surface area contributed by atoms with Crippen molar-refractivity contribution in [1.82, 2.24) is 0 Å². The molecule has 0 amide bonds. The predicted molar refractivity (Wildman–Crippen MR) is 78.9 cm³/mol. The number of methoxy groups -OCH3 is 1. The van der Waals surface area contributed by atoms with Crippen molar-refractivity contribution < 1.29 is 19.0 Å². The summed E-state index contributed by atoms with van der Waals surface area (Å²) in [6.45, 7) is 0. The van der Waals surface area contributed by atoms with Crippen LogP contribution in [0.1, 0.15) is 18.4 Å². The Bertz CT molecular complexity index is 766. The molecule has 1 aliphatic rings. The van der Waals surface area contributed by atoms with Gasteiger partial charge in [0.25, 0.3) is 0 Å². The zero-order chi connectivity index (χ0) is 17.0. The van der Waals surface area contributed by atoms with Crippen LogP contribution in [0.3, 0.4) is 0 Å². The first-order valence-corrected chi connectivity index (χ1v) is 6.74. The van der Waals surface area contributed by atoms with E-state index in [1.807, 2.05) is 12.1 Å². The van der Waals surface area contributed by atoms with Crippen molar-refractivity contribution in [2.45, 2.75) is 12.8 Å². The van der Waals surface area contributed by atoms with Gasteiger partial charge in [0.05, 0.1) is 24.8 Å². The minimum absolute atomic E-state index is 0.0380. The van der Waals surface area contributed by atoms with Crippen LogP contribution in [-0.2, 0) is 9.53 Å². The third kappa shape index (κ3) is 3.22. The van der Waals surface area contributed by atoms with Crippen molar-refractivity contribution in [1.29, 1.82) is 10.5 Å². The number of ether oxygens (including phenoxy) is 1. The summed E-state index contributed by atoms with van der Waals surface area (Å²) in [5.74, 6) is -1.50. The molecule has 0 unspecified atom stereocenters. The molecule has 0 atom stereocenters. The molecule has 1 aliphatic carbocycles. The smallest absolute Gasteiger partial charge is 0.337 e. The van der Waals surface area contributed by atoms with Crippen LogP contribution in [0.2, 0.25) is 0 Å². The molecule has 2 rings (SSSR count). The zero-order valence-electron chi connectivity index (χ0n) is 12.3. The van der Waals surface area contributed by atoms with E-state index in [2.05, 4.69) is 4.74 Å². The largest absolute Gasteiger partial charge is 0.507 e. The summed E-state index contributed by atoms with van der Waals surface area (Å²) in [6.07, 6.45) is 1.27. The quantitative estimate of drug-likeness (QED) is 0.847. The number of nitriles is 2. The monoisotopic (exact) mass is 312 g/mol. The number of aliphatic hydroxyl groups is 1. The number of hydrogen-bond acceptors (Lipinski definition) is 5. The van der Waals surface area contributed by atoms with Gasteiger partial charge >= 0.3 is 5.97 Å². The average Bonchev–Trinajstić information content (AvgIpc) is 2.58. The van der Waals surface area contributed by atoms with Crippen LogP contribution in [0.5, 0.6) is 0 Å². The van der Waals surface area contributed by atoms with E-state index in [4.69, 9.17) is 0 Å². The molecule has 0 aromatic heterocycles. The Morgan fingerprint density at radius 3 is 2.43 bits per heavy atom. The van der Waals surface area contributed by atoms with Gasteiger partial charge in [-0.15, -0.1) is 0 Å². The number of allylic oxidation sites excluding steroid dienone is 1. The highest BCUT2D eigenvalue weighted by Gasteiger charge is 2.41. The number of nitrogens with zero attached hydrogens (tertiary/aromatic N) is 2. The van der Waals surface area contributed by atoms with Gasteiger partial charge in [-0.05, 0) is 29.3 Å². The Balaban J connectivity index is 2.56. The lowest BCUT2D eigenvalue weighted by Gasteiger charge is -2.27. The summed E-state index contributed by atoms with van der Waals surface area (Å²) >= 11 is 0. The second-order valence-electron chi connectivity index (χ2n) is 5.20. The van der Waals surface area contributed by atoms with Crippen LogP contribution in [-0.4, -0.2) is 18.2 Å². The molecule has 23 heavy (non-hydrogen) atoms. The summed E-state index contributed by atoms with van der Waals surface area (Å²) < 4.78 is 17.6. The van der Waals surface area contributed by atoms with Crippen LogP contribution in [0, 0.1) is 33.9 Å². The lowest BCUT2D eigenvalue weighted by Crippen LogP contribution is -2.27. The normalized spacial score (nSPS) is 18.2. The number of hydrogen-bond donors (Lipinski definition) is 1. The number of benzene rings is 1. The van der Waals surface area contributed by atoms with Crippen molar-refractivity contribution in [3.05, 3.63) is 52.6 Å². The van der Waals surface area contributed by atoms with Crippen LogP contribution in [0.25, 0.3) is 6.08 Å². The maximum Gasteiger partial charge on any atom is 0.337 e. The Morgan fingerprint density at radius 2 is 1.91 bits per heavy atom. The lowest BCUT2D eigenvalue weighted by molar-refractivity contribution is -0.136. The fourth-order valence-corrected chi connectivity index (χ4v) is 2.41. The molecular formula is C17H13FN2O3. The number of rotatable bonds is 2. The minimum Gasteiger partial charge on any atom is -0.507 e. The molecule has 1 N–H and O–H groups in total. The van der Waals surface area contributed by atoms with Gasteiger partial charge in [-0.2, -0.15) is 10.5 Å². The summed E-state index contributed by atoms with van der Waals surface area (Å²) in [4.78, 5) is 11.8. The van der Waals surface area contributed by atoms with Crippen LogP contribution in [0.4, 0.5) is 4.39 Å². The molecule has 0 fully saturated rings. The number of aliphatic hydroxyl groups excluding tert-OH is 1. The first-order valence-electron chi connectivity index (χ1n) is 6.74. The third-order valence-electron chi connectivity index (χ3n) is 3.63. The molecule has 0 bridgehead atoms. The molecule has 0 heterocycles. The lowest BCUT2D eigenvalue weighted by atomic mass is 9.73. The Hall–Kier alpha value is -3.12. The highest BCUT2D eigenvalue weighted by Crippen LogP contribution is 2.41. The molecule has 1 aromatic carbocycles. The molecule has 0 radical (unpaired) electrons. The van der Waals surface area contributed by atoms with E-state index in [1.165, 1.54) is 30.3 Å². The summed E-state index contributed by atoms with van der Waals surface area (Å²) in [5, 5.41) is 28.9. The molecule has 0 saturated heterocycles. The molecule has 0 aliphatic heterocycles. The molecule has 116 valence electrons. The molecule has 0 spiro atoms. The van der Waals surface area contributed by atoms with E-state index in [0.29, 0.717) is 5.56 Å². The van der Waals surface area contributed by atoms with Gasteiger partial charge in [0.2, 0.25) is 0 Å². The average molecular weight is 312 g/mol. The Morgan fingerprint density at radius 1 is 1.30 bits per heavy atom. The Kier molecular flexibility index (Phi) is 4.47. The topological polar surface area (TPSA) is 94.1 Å². The van der Waals surface area contributed by atoms with Gasteiger partial charge in [0.1, 0.15) is 11.6 Å². The van der Waals surface area contributed by atoms with E-state index in [-0.39, 0.29) is 29.7 Å². The van der Waals surface area contributed by atoms with Crippen molar-refractivity contribution in [3.63, 3.8) is 0 Å². The fourth-order valence-electron chi connectivity index (χ4n) is 2.41. The van der Waals surface area contributed by atoms with Crippen LogP contribution < -0.4 is 0 Å². The van der Waals surface area contributed by atoms with Gasteiger partial charge in [0, 0.05) is 12.8 Å². The van der Waals surface area contributed by atoms with Crippen molar-refractivity contribution >= 4 is 12.0 Å². The summed E-state index contributed by atoms with van der Waals surface area (Å²) in [7, 11) is 1.15. The van der Waals surface area contributed by atoms with Crippen molar-refractivity contribution in [2.24, 2.45) is 5.41 Å². The van der Waals surface area contributed by atoms with E-state index in [9.17, 15) is 24.8 Å². The van der Waals surface area contributed by atoms with Gasteiger partial charge in [0.15, 0.2) is 5.41 Å². The number of halogens is 1. The second-order valence-corrected chi connectivity index (χ2v) is 5.20. The van der Waals surface area contributed by atoms with Gasteiger partial charge in [-0.3, -0.25) is 0 Å². The van der Waals surface area contributed by atoms with Gasteiger partial charge < -0.3 is 9.84 Å². The maximum atomic E-state index is 13.0. The molecular weight excluding hydrogens is 299 g/mol. The van der Waals surface area contributed by atoms with E-state index in [0.717, 1.165) is 7.11 Å². The van der Waals surface area contributed by atoms with Crippen molar-refractivity contribution in [3.8, 4) is 12.1 Å². The maximum absolute atomic E-state index is 13.0. The molecule has 0 saturated carbocycles. The number of carbonyl (C=O) groups is 1. The van der Waals surface area contributed by atoms with Gasteiger partial charge in [-0.25, -0.2) is 9.18 Å². The molecule has 6 heteroatoms. The molecule has 1 aromatic rings. The fraction of sp³-hybridized carbons (Fsp3) is 0.235. The van der Waals surface area contributed by atoms with E-state index < -0.39 is 17.2 Å². The first kappa shape index (κ1) is 16.3. The first-order chi connectivity index (χ1) is 10.9. The zero-order valence-corrected chi connectivity index (χ0v) is 12.3. The highest BCUT2D eigenvalue weighted by molar-refractivity contribution is 5.91. The molecule has 5 nitrogen and oxygen atoms in total. The van der Waals surface area contributed by atoms with Crippen molar-refractivity contribution in [2.75, 3.05) is 7.11 Å². The minimum atomic E-state index is -1.46. The van der Waals surface area contributed by atoms with Crippen LogP contribution in [0.15, 0.2) is 41.2 Å². The SMILES string of the molecule is COC(=O)C1=C(O)/C(=C/c2ccc(F)cc2)CC(C#N)(C#N)C1. The third-order valence-corrected chi connectivity index (χ3v) is 3.63. The van der Waals surface area contributed by atoms with E-state index in [1.54, 1.807) is 0 Å². The van der Waals surface area contributed by atoms with Gasteiger partial charge in [-0.1, -0.05) is 12.1 Å². The van der Waals surface area contributed by atoms with Crippen LogP contribution >= 0.6 is 0 Å². The summed E-state index contributed by atoms with van der Waals surface area (Å²) in [5.41, 5.74) is -0.743. The van der Waals surface area contributed by atoms with E-state index >= 15 is 0 Å². The Labute approximate surface area is 132 Å². The number of esters is 1.